The SMILES string of the molecule is O=C(Nc1ccc(Cl)cn1)c1cncc(Cl)n1. The molecule has 2 aromatic heterocycles. The monoisotopic (exact) mass is 268 g/mol. The third-order valence-corrected chi connectivity index (χ3v) is 2.21. The highest BCUT2D eigenvalue weighted by Gasteiger charge is 2.09. The Morgan fingerprint density at radius 1 is 1.18 bits per heavy atom. The van der Waals surface area contributed by atoms with Crippen molar-refractivity contribution in [3.05, 3.63) is 46.6 Å². The average molecular weight is 269 g/mol. The molecule has 0 fully saturated rings. The second-order valence-corrected chi connectivity index (χ2v) is 3.87. The van der Waals surface area contributed by atoms with E-state index in [1.165, 1.54) is 18.6 Å². The molecular weight excluding hydrogens is 263 g/mol. The number of carbonyl (C=O) groups excluding carboxylic acids is 1. The van der Waals surface area contributed by atoms with Gasteiger partial charge in [-0.1, -0.05) is 23.2 Å². The predicted octanol–water partition coefficient (Wildman–Crippen LogP) is 2.43. The van der Waals surface area contributed by atoms with Crippen molar-refractivity contribution >= 4 is 34.9 Å². The third-order valence-electron chi connectivity index (χ3n) is 1.81. The zero-order valence-corrected chi connectivity index (χ0v) is 9.90. The first kappa shape index (κ1) is 11.8. The molecule has 7 heteroatoms. The second-order valence-electron chi connectivity index (χ2n) is 3.04. The van der Waals surface area contributed by atoms with Crippen LogP contribution in [0.1, 0.15) is 10.5 Å². The van der Waals surface area contributed by atoms with Gasteiger partial charge in [-0.05, 0) is 12.1 Å². The number of hydrogen-bond acceptors (Lipinski definition) is 4. The summed E-state index contributed by atoms with van der Waals surface area (Å²) in [5.74, 6) is -0.0593. The molecule has 0 saturated carbocycles. The number of pyridine rings is 1. The summed E-state index contributed by atoms with van der Waals surface area (Å²) in [5, 5.41) is 3.19. The minimum absolute atomic E-state index is 0.120. The molecule has 17 heavy (non-hydrogen) atoms. The zero-order valence-electron chi connectivity index (χ0n) is 8.39. The molecule has 0 unspecified atom stereocenters. The number of amides is 1. The van der Waals surface area contributed by atoms with Crippen molar-refractivity contribution in [3.8, 4) is 0 Å². The van der Waals surface area contributed by atoms with Gasteiger partial charge in [0.05, 0.1) is 17.4 Å². The maximum absolute atomic E-state index is 11.7. The van der Waals surface area contributed by atoms with Crippen molar-refractivity contribution in [2.24, 2.45) is 0 Å². The normalized spacial score (nSPS) is 10.0. The highest BCUT2D eigenvalue weighted by molar-refractivity contribution is 6.30. The average Bonchev–Trinajstić information content (AvgIpc) is 2.32. The molecular formula is C10H6Cl2N4O. The Morgan fingerprint density at radius 2 is 2.00 bits per heavy atom. The number of nitrogens with one attached hydrogen (secondary N) is 1. The first-order valence-electron chi connectivity index (χ1n) is 4.55. The molecule has 1 N–H and O–H groups in total. The van der Waals surface area contributed by atoms with E-state index in [2.05, 4.69) is 20.3 Å². The van der Waals surface area contributed by atoms with Gasteiger partial charge in [-0.3, -0.25) is 9.78 Å². The molecule has 0 atom stereocenters. The van der Waals surface area contributed by atoms with Gasteiger partial charge in [-0.25, -0.2) is 9.97 Å². The van der Waals surface area contributed by atoms with Crippen LogP contribution in [0.25, 0.3) is 0 Å². The highest BCUT2D eigenvalue weighted by Crippen LogP contribution is 2.10. The summed E-state index contributed by atoms with van der Waals surface area (Å²) in [5.41, 5.74) is 0.120. The van der Waals surface area contributed by atoms with Crippen molar-refractivity contribution in [3.63, 3.8) is 0 Å². The molecule has 2 aromatic rings. The minimum Gasteiger partial charge on any atom is -0.305 e. The van der Waals surface area contributed by atoms with Crippen LogP contribution in [0.3, 0.4) is 0 Å². The lowest BCUT2D eigenvalue weighted by Crippen LogP contribution is -2.14. The van der Waals surface area contributed by atoms with Crippen LogP contribution in [0, 0.1) is 0 Å². The summed E-state index contributed by atoms with van der Waals surface area (Å²) in [7, 11) is 0. The van der Waals surface area contributed by atoms with Crippen molar-refractivity contribution in [2.75, 3.05) is 5.32 Å². The smallest absolute Gasteiger partial charge is 0.277 e. The molecule has 0 aromatic carbocycles. The molecule has 1 amide bonds. The van der Waals surface area contributed by atoms with Crippen LogP contribution < -0.4 is 5.32 Å². The number of halogens is 2. The molecule has 0 aliphatic carbocycles. The van der Waals surface area contributed by atoms with E-state index in [1.54, 1.807) is 12.1 Å². The molecule has 0 bridgehead atoms. The maximum Gasteiger partial charge on any atom is 0.277 e. The number of hydrogen-bond donors (Lipinski definition) is 1. The minimum atomic E-state index is -0.435. The lowest BCUT2D eigenvalue weighted by molar-refractivity contribution is 0.102. The number of carbonyl (C=O) groups is 1. The zero-order chi connectivity index (χ0) is 12.3. The number of nitrogens with zero attached hydrogens (tertiary/aromatic N) is 3. The van der Waals surface area contributed by atoms with E-state index < -0.39 is 5.91 Å². The highest BCUT2D eigenvalue weighted by atomic mass is 35.5. The maximum atomic E-state index is 11.7. The first-order valence-corrected chi connectivity index (χ1v) is 5.31. The summed E-state index contributed by atoms with van der Waals surface area (Å²) in [4.78, 5) is 23.2. The molecule has 0 saturated heterocycles. The van der Waals surface area contributed by atoms with Gasteiger partial charge in [-0.2, -0.15) is 0 Å². The number of aromatic nitrogens is 3. The molecule has 0 aliphatic rings. The largest absolute Gasteiger partial charge is 0.305 e. The molecule has 86 valence electrons. The molecule has 0 aliphatic heterocycles. The van der Waals surface area contributed by atoms with Crippen LogP contribution >= 0.6 is 23.2 Å². The van der Waals surface area contributed by atoms with E-state index >= 15 is 0 Å². The van der Waals surface area contributed by atoms with Crippen molar-refractivity contribution in [2.45, 2.75) is 0 Å². The molecule has 2 rings (SSSR count). The topological polar surface area (TPSA) is 67.8 Å². The lowest BCUT2D eigenvalue weighted by Gasteiger charge is -2.03. The Hall–Kier alpha value is -1.72. The lowest BCUT2D eigenvalue weighted by atomic mass is 10.4. The molecule has 2 heterocycles. The summed E-state index contributed by atoms with van der Waals surface area (Å²) < 4.78 is 0. The van der Waals surface area contributed by atoms with Gasteiger partial charge in [0.25, 0.3) is 5.91 Å². The Morgan fingerprint density at radius 3 is 2.65 bits per heavy atom. The van der Waals surface area contributed by atoms with Gasteiger partial charge in [0.2, 0.25) is 0 Å². The first-order chi connectivity index (χ1) is 8.15. The van der Waals surface area contributed by atoms with E-state index in [4.69, 9.17) is 23.2 Å². The Bertz CT molecular complexity index is 544. The fraction of sp³-hybridized carbons (Fsp3) is 0. The van der Waals surface area contributed by atoms with Gasteiger partial charge in [0.1, 0.15) is 16.7 Å². The van der Waals surface area contributed by atoms with Gasteiger partial charge in [0, 0.05) is 6.20 Å². The summed E-state index contributed by atoms with van der Waals surface area (Å²) >= 11 is 11.3. The van der Waals surface area contributed by atoms with Gasteiger partial charge in [-0.15, -0.1) is 0 Å². The van der Waals surface area contributed by atoms with Gasteiger partial charge < -0.3 is 5.32 Å². The van der Waals surface area contributed by atoms with Crippen LogP contribution in [0.15, 0.2) is 30.7 Å². The van der Waals surface area contributed by atoms with Crippen LogP contribution in [0.4, 0.5) is 5.82 Å². The summed E-state index contributed by atoms with van der Waals surface area (Å²) in [6, 6.07) is 3.20. The van der Waals surface area contributed by atoms with Gasteiger partial charge >= 0.3 is 0 Å². The van der Waals surface area contributed by atoms with Crippen LogP contribution in [-0.4, -0.2) is 20.9 Å². The standard InChI is InChI=1S/C10H6Cl2N4O/c11-6-1-2-9(14-3-6)16-10(17)7-4-13-5-8(12)15-7/h1-5H,(H,14,16,17). The predicted molar refractivity (Wildman–Crippen MR) is 64.2 cm³/mol. The fourth-order valence-electron chi connectivity index (χ4n) is 1.08. The van der Waals surface area contributed by atoms with E-state index in [0.717, 1.165) is 0 Å². The van der Waals surface area contributed by atoms with E-state index in [1.807, 2.05) is 0 Å². The second kappa shape index (κ2) is 5.07. The Labute approximate surface area is 107 Å². The van der Waals surface area contributed by atoms with Crippen LogP contribution in [0.5, 0.6) is 0 Å². The Kier molecular flexibility index (Phi) is 3.51. The number of rotatable bonds is 2. The fourth-order valence-corrected chi connectivity index (χ4v) is 1.34. The Balaban J connectivity index is 2.14. The summed E-state index contributed by atoms with van der Waals surface area (Å²) in [6.45, 7) is 0. The van der Waals surface area contributed by atoms with Crippen molar-refractivity contribution in [1.29, 1.82) is 0 Å². The third kappa shape index (κ3) is 3.12. The van der Waals surface area contributed by atoms with Crippen molar-refractivity contribution in [1.82, 2.24) is 15.0 Å². The molecule has 0 spiro atoms. The van der Waals surface area contributed by atoms with E-state index in [9.17, 15) is 4.79 Å². The molecule has 0 radical (unpaired) electrons. The van der Waals surface area contributed by atoms with Crippen LogP contribution in [-0.2, 0) is 0 Å². The number of anilines is 1. The van der Waals surface area contributed by atoms with E-state index in [0.29, 0.717) is 10.8 Å². The van der Waals surface area contributed by atoms with Gasteiger partial charge in [0.15, 0.2) is 0 Å². The van der Waals surface area contributed by atoms with E-state index in [-0.39, 0.29) is 10.8 Å². The van der Waals surface area contributed by atoms with Crippen molar-refractivity contribution < 1.29 is 4.79 Å². The van der Waals surface area contributed by atoms with Crippen LogP contribution in [0.2, 0.25) is 10.2 Å². The summed E-state index contributed by atoms with van der Waals surface area (Å²) in [6.07, 6.45) is 4.09. The molecule has 5 nitrogen and oxygen atoms in total. The quantitative estimate of drug-likeness (QED) is 0.909.